The molecule has 0 radical (unpaired) electrons. The Morgan fingerprint density at radius 1 is 1.35 bits per heavy atom. The molecule has 1 saturated carbocycles. The van der Waals surface area contributed by atoms with Crippen LogP contribution in [-0.2, 0) is 5.75 Å². The van der Waals surface area contributed by atoms with E-state index < -0.39 is 0 Å². The van der Waals surface area contributed by atoms with Crippen LogP contribution in [0.25, 0.3) is 0 Å². The van der Waals surface area contributed by atoms with E-state index in [4.69, 9.17) is 4.98 Å². The lowest BCUT2D eigenvalue weighted by atomic mass is 10.0. The summed E-state index contributed by atoms with van der Waals surface area (Å²) in [6, 6.07) is 2.12. The summed E-state index contributed by atoms with van der Waals surface area (Å²) < 4.78 is 0. The SMILES string of the molecule is CCSCc1nc(NC)cc(C2CCCC2)n1. The molecular formula is C13H21N3S. The second kappa shape index (κ2) is 6.24. The van der Waals surface area contributed by atoms with Crippen molar-refractivity contribution in [2.24, 2.45) is 0 Å². The van der Waals surface area contributed by atoms with Gasteiger partial charge in [0.15, 0.2) is 0 Å². The molecule has 1 aliphatic rings. The number of rotatable bonds is 5. The van der Waals surface area contributed by atoms with Crippen molar-refractivity contribution in [2.45, 2.75) is 44.3 Å². The molecule has 1 aromatic rings. The Labute approximate surface area is 108 Å². The van der Waals surface area contributed by atoms with E-state index in [-0.39, 0.29) is 0 Å². The molecule has 0 atom stereocenters. The van der Waals surface area contributed by atoms with Gasteiger partial charge in [-0.25, -0.2) is 9.97 Å². The molecule has 2 rings (SSSR count). The van der Waals surface area contributed by atoms with E-state index in [9.17, 15) is 0 Å². The van der Waals surface area contributed by atoms with Crippen LogP contribution in [0, 0.1) is 0 Å². The van der Waals surface area contributed by atoms with Gasteiger partial charge in [-0.15, -0.1) is 0 Å². The minimum absolute atomic E-state index is 0.662. The summed E-state index contributed by atoms with van der Waals surface area (Å²) in [5.41, 5.74) is 1.24. The van der Waals surface area contributed by atoms with Gasteiger partial charge in [0.2, 0.25) is 0 Å². The van der Waals surface area contributed by atoms with E-state index >= 15 is 0 Å². The van der Waals surface area contributed by atoms with Crippen molar-refractivity contribution in [2.75, 3.05) is 18.1 Å². The highest BCUT2D eigenvalue weighted by atomic mass is 32.2. The number of hydrogen-bond acceptors (Lipinski definition) is 4. The van der Waals surface area contributed by atoms with Gasteiger partial charge in [-0.05, 0) is 18.6 Å². The van der Waals surface area contributed by atoms with Gasteiger partial charge < -0.3 is 5.32 Å². The van der Waals surface area contributed by atoms with Crippen molar-refractivity contribution in [3.8, 4) is 0 Å². The maximum absolute atomic E-state index is 4.73. The molecular weight excluding hydrogens is 230 g/mol. The third kappa shape index (κ3) is 3.35. The molecule has 0 saturated heterocycles. The van der Waals surface area contributed by atoms with Crippen LogP contribution in [0.4, 0.5) is 5.82 Å². The molecule has 0 spiro atoms. The van der Waals surface area contributed by atoms with Crippen LogP contribution in [0.2, 0.25) is 0 Å². The van der Waals surface area contributed by atoms with E-state index in [2.05, 4.69) is 23.3 Å². The molecule has 0 aliphatic heterocycles. The van der Waals surface area contributed by atoms with E-state index in [1.807, 2.05) is 18.8 Å². The second-order valence-electron chi connectivity index (χ2n) is 4.46. The number of anilines is 1. The lowest BCUT2D eigenvalue weighted by Crippen LogP contribution is -2.05. The highest BCUT2D eigenvalue weighted by Crippen LogP contribution is 2.33. The fourth-order valence-electron chi connectivity index (χ4n) is 2.33. The Balaban J connectivity index is 2.18. The van der Waals surface area contributed by atoms with Gasteiger partial charge in [-0.2, -0.15) is 11.8 Å². The van der Waals surface area contributed by atoms with Crippen molar-refractivity contribution in [3.63, 3.8) is 0 Å². The summed E-state index contributed by atoms with van der Waals surface area (Å²) in [6.07, 6.45) is 5.28. The Kier molecular flexibility index (Phi) is 4.66. The largest absolute Gasteiger partial charge is 0.373 e. The molecule has 0 bridgehead atoms. The third-order valence-electron chi connectivity index (χ3n) is 3.26. The highest BCUT2D eigenvalue weighted by molar-refractivity contribution is 7.98. The molecule has 17 heavy (non-hydrogen) atoms. The maximum atomic E-state index is 4.73. The molecule has 94 valence electrons. The van der Waals surface area contributed by atoms with Crippen molar-refractivity contribution < 1.29 is 0 Å². The third-order valence-corrected chi connectivity index (χ3v) is 4.13. The first kappa shape index (κ1) is 12.7. The number of aromatic nitrogens is 2. The van der Waals surface area contributed by atoms with Crippen LogP contribution < -0.4 is 5.32 Å². The minimum Gasteiger partial charge on any atom is -0.373 e. The van der Waals surface area contributed by atoms with E-state index in [1.165, 1.54) is 31.4 Å². The van der Waals surface area contributed by atoms with Gasteiger partial charge in [-0.3, -0.25) is 0 Å². The second-order valence-corrected chi connectivity index (χ2v) is 5.74. The zero-order valence-electron chi connectivity index (χ0n) is 10.7. The standard InChI is InChI=1S/C13H21N3S/c1-3-17-9-13-15-11(8-12(14-2)16-13)10-6-4-5-7-10/h8,10H,3-7,9H2,1-2H3,(H,14,15,16). The lowest BCUT2D eigenvalue weighted by molar-refractivity contribution is 0.689. The molecule has 3 nitrogen and oxygen atoms in total. The quantitative estimate of drug-likeness (QED) is 0.870. The minimum atomic E-state index is 0.662. The van der Waals surface area contributed by atoms with Gasteiger partial charge in [0.1, 0.15) is 11.6 Å². The number of nitrogens with one attached hydrogen (secondary N) is 1. The summed E-state index contributed by atoms with van der Waals surface area (Å²) in [7, 11) is 1.93. The smallest absolute Gasteiger partial charge is 0.140 e. The predicted molar refractivity (Wildman–Crippen MR) is 74.6 cm³/mol. The highest BCUT2D eigenvalue weighted by Gasteiger charge is 2.19. The van der Waals surface area contributed by atoms with Crippen LogP contribution in [0.5, 0.6) is 0 Å². The van der Waals surface area contributed by atoms with Gasteiger partial charge in [0.25, 0.3) is 0 Å². The van der Waals surface area contributed by atoms with Crippen LogP contribution in [-0.4, -0.2) is 22.8 Å². The number of thioether (sulfide) groups is 1. The van der Waals surface area contributed by atoms with Crippen molar-refractivity contribution in [1.29, 1.82) is 0 Å². The fraction of sp³-hybridized carbons (Fsp3) is 0.692. The Bertz CT molecular complexity index is 362. The van der Waals surface area contributed by atoms with Crippen LogP contribution >= 0.6 is 11.8 Å². The zero-order valence-corrected chi connectivity index (χ0v) is 11.5. The topological polar surface area (TPSA) is 37.8 Å². The van der Waals surface area contributed by atoms with Crippen LogP contribution in [0.15, 0.2) is 6.07 Å². The Hall–Kier alpha value is -0.770. The first-order valence-electron chi connectivity index (χ1n) is 6.46. The number of hydrogen-bond donors (Lipinski definition) is 1. The molecule has 0 unspecified atom stereocenters. The van der Waals surface area contributed by atoms with E-state index in [0.717, 1.165) is 23.1 Å². The molecule has 1 aliphatic carbocycles. The molecule has 0 amide bonds. The van der Waals surface area contributed by atoms with Crippen molar-refractivity contribution in [1.82, 2.24) is 9.97 Å². The van der Waals surface area contributed by atoms with Gasteiger partial charge >= 0.3 is 0 Å². The Morgan fingerprint density at radius 2 is 2.12 bits per heavy atom. The van der Waals surface area contributed by atoms with Crippen LogP contribution in [0.1, 0.15) is 50.0 Å². The van der Waals surface area contributed by atoms with Crippen LogP contribution in [0.3, 0.4) is 0 Å². The molecule has 1 aromatic heterocycles. The Morgan fingerprint density at radius 3 is 2.76 bits per heavy atom. The monoisotopic (exact) mass is 251 g/mol. The maximum Gasteiger partial charge on any atom is 0.140 e. The molecule has 1 fully saturated rings. The van der Waals surface area contributed by atoms with Crippen molar-refractivity contribution >= 4 is 17.6 Å². The van der Waals surface area contributed by atoms with Gasteiger partial charge in [-0.1, -0.05) is 19.8 Å². The lowest BCUT2D eigenvalue weighted by Gasteiger charge is -2.12. The van der Waals surface area contributed by atoms with E-state index in [1.54, 1.807) is 0 Å². The molecule has 1 N–H and O–H groups in total. The molecule has 1 heterocycles. The van der Waals surface area contributed by atoms with Gasteiger partial charge in [0, 0.05) is 24.7 Å². The average molecular weight is 251 g/mol. The summed E-state index contributed by atoms with van der Waals surface area (Å²) in [6.45, 7) is 2.17. The predicted octanol–water partition coefficient (Wildman–Crippen LogP) is 3.43. The van der Waals surface area contributed by atoms with Crippen molar-refractivity contribution in [3.05, 3.63) is 17.6 Å². The molecule has 4 heteroatoms. The normalized spacial score (nSPS) is 16.4. The summed E-state index contributed by atoms with van der Waals surface area (Å²) in [5, 5.41) is 3.15. The summed E-state index contributed by atoms with van der Waals surface area (Å²) in [5.74, 6) is 4.65. The summed E-state index contributed by atoms with van der Waals surface area (Å²) >= 11 is 1.88. The fourth-order valence-corrected chi connectivity index (χ4v) is 2.85. The average Bonchev–Trinajstić information content (AvgIpc) is 2.89. The van der Waals surface area contributed by atoms with Gasteiger partial charge in [0.05, 0.1) is 5.75 Å². The first-order chi connectivity index (χ1) is 8.33. The number of nitrogens with zero attached hydrogens (tertiary/aromatic N) is 2. The first-order valence-corrected chi connectivity index (χ1v) is 7.62. The summed E-state index contributed by atoms with van der Waals surface area (Å²) in [4.78, 5) is 9.25. The zero-order chi connectivity index (χ0) is 12.1. The molecule has 0 aromatic carbocycles. The van der Waals surface area contributed by atoms with E-state index in [0.29, 0.717) is 5.92 Å².